The molecule has 2 rings (SSSR count). The SMILES string of the molecule is CC1CCCC(O)(CNc2nc(Cl)ccc2C(=O)O)C1. The van der Waals surface area contributed by atoms with Crippen LogP contribution < -0.4 is 5.32 Å². The molecule has 110 valence electrons. The molecule has 0 aliphatic heterocycles. The topological polar surface area (TPSA) is 82.5 Å². The number of carboxylic acid groups (broad SMARTS) is 1. The number of carboxylic acids is 1. The van der Waals surface area contributed by atoms with Crippen molar-refractivity contribution >= 4 is 23.4 Å². The molecule has 5 nitrogen and oxygen atoms in total. The van der Waals surface area contributed by atoms with Gasteiger partial charge in [-0.05, 0) is 30.9 Å². The fourth-order valence-corrected chi connectivity index (χ4v) is 2.93. The van der Waals surface area contributed by atoms with Crippen LogP contribution in [0.4, 0.5) is 5.82 Å². The number of anilines is 1. The monoisotopic (exact) mass is 298 g/mol. The maximum atomic E-state index is 11.1. The van der Waals surface area contributed by atoms with E-state index >= 15 is 0 Å². The molecule has 0 saturated heterocycles. The highest BCUT2D eigenvalue weighted by molar-refractivity contribution is 6.29. The summed E-state index contributed by atoms with van der Waals surface area (Å²) in [7, 11) is 0. The van der Waals surface area contributed by atoms with Crippen LogP contribution in [0.25, 0.3) is 0 Å². The van der Waals surface area contributed by atoms with Gasteiger partial charge in [-0.15, -0.1) is 0 Å². The third-order valence-corrected chi connectivity index (χ3v) is 3.95. The quantitative estimate of drug-likeness (QED) is 0.745. The van der Waals surface area contributed by atoms with Crippen molar-refractivity contribution in [1.29, 1.82) is 0 Å². The largest absolute Gasteiger partial charge is 0.478 e. The summed E-state index contributed by atoms with van der Waals surface area (Å²) in [5.74, 6) is -0.390. The highest BCUT2D eigenvalue weighted by Gasteiger charge is 2.32. The molecule has 1 aromatic rings. The zero-order valence-electron chi connectivity index (χ0n) is 11.4. The zero-order valence-corrected chi connectivity index (χ0v) is 12.2. The van der Waals surface area contributed by atoms with Gasteiger partial charge in [-0.3, -0.25) is 0 Å². The molecule has 2 unspecified atom stereocenters. The van der Waals surface area contributed by atoms with E-state index in [1.54, 1.807) is 0 Å². The van der Waals surface area contributed by atoms with Gasteiger partial charge in [-0.1, -0.05) is 31.4 Å². The fraction of sp³-hybridized carbons (Fsp3) is 0.571. The predicted molar refractivity (Wildman–Crippen MR) is 77.3 cm³/mol. The number of halogens is 1. The molecule has 0 radical (unpaired) electrons. The number of pyridine rings is 1. The van der Waals surface area contributed by atoms with Gasteiger partial charge in [0, 0.05) is 6.54 Å². The average molecular weight is 299 g/mol. The first kappa shape index (κ1) is 15.1. The second-order valence-corrected chi connectivity index (χ2v) is 6.00. The lowest BCUT2D eigenvalue weighted by Gasteiger charge is -2.35. The second kappa shape index (κ2) is 5.97. The minimum atomic E-state index is -1.07. The molecular formula is C14H19ClN2O3. The van der Waals surface area contributed by atoms with Crippen LogP contribution in [-0.2, 0) is 0 Å². The van der Waals surface area contributed by atoms with Gasteiger partial charge in [-0.25, -0.2) is 9.78 Å². The Morgan fingerprint density at radius 1 is 1.60 bits per heavy atom. The van der Waals surface area contributed by atoms with Gasteiger partial charge in [0.1, 0.15) is 16.5 Å². The minimum absolute atomic E-state index is 0.0573. The number of hydrogen-bond acceptors (Lipinski definition) is 4. The van der Waals surface area contributed by atoms with Gasteiger partial charge in [-0.2, -0.15) is 0 Å². The molecule has 3 N–H and O–H groups in total. The summed E-state index contributed by atoms with van der Waals surface area (Å²) in [5, 5.41) is 22.8. The van der Waals surface area contributed by atoms with Crippen molar-refractivity contribution in [3.05, 3.63) is 22.8 Å². The van der Waals surface area contributed by atoms with E-state index in [1.165, 1.54) is 12.1 Å². The van der Waals surface area contributed by atoms with E-state index in [9.17, 15) is 9.90 Å². The molecular weight excluding hydrogens is 280 g/mol. The summed E-state index contributed by atoms with van der Waals surface area (Å²) in [6.07, 6.45) is 3.53. The van der Waals surface area contributed by atoms with Gasteiger partial charge >= 0.3 is 5.97 Å². The molecule has 20 heavy (non-hydrogen) atoms. The molecule has 1 aromatic heterocycles. The van der Waals surface area contributed by atoms with Gasteiger partial charge in [0.15, 0.2) is 0 Å². The van der Waals surface area contributed by atoms with Gasteiger partial charge in [0.2, 0.25) is 0 Å². The predicted octanol–water partition coefficient (Wildman–Crippen LogP) is 2.79. The average Bonchev–Trinajstić information content (AvgIpc) is 2.36. The van der Waals surface area contributed by atoms with Crippen molar-refractivity contribution in [2.75, 3.05) is 11.9 Å². The van der Waals surface area contributed by atoms with Crippen LogP contribution in [0, 0.1) is 5.92 Å². The molecule has 0 spiro atoms. The summed E-state index contributed by atoms with van der Waals surface area (Å²) >= 11 is 5.79. The third-order valence-electron chi connectivity index (χ3n) is 3.74. The number of nitrogens with one attached hydrogen (secondary N) is 1. The Morgan fingerprint density at radius 2 is 2.35 bits per heavy atom. The van der Waals surface area contributed by atoms with Crippen LogP contribution in [0.15, 0.2) is 12.1 Å². The lowest BCUT2D eigenvalue weighted by atomic mass is 9.79. The molecule has 2 atom stereocenters. The number of aromatic nitrogens is 1. The summed E-state index contributed by atoms with van der Waals surface area (Å²) in [5.41, 5.74) is -0.751. The van der Waals surface area contributed by atoms with Crippen LogP contribution in [-0.4, -0.2) is 33.3 Å². The molecule has 1 fully saturated rings. The fourth-order valence-electron chi connectivity index (χ4n) is 2.78. The van der Waals surface area contributed by atoms with E-state index in [0.717, 1.165) is 12.8 Å². The molecule has 1 heterocycles. The normalized spacial score (nSPS) is 26.2. The zero-order chi connectivity index (χ0) is 14.8. The number of nitrogens with zero attached hydrogens (tertiary/aromatic N) is 1. The van der Waals surface area contributed by atoms with E-state index < -0.39 is 11.6 Å². The lowest BCUT2D eigenvalue weighted by Crippen LogP contribution is -2.41. The van der Waals surface area contributed by atoms with Crippen LogP contribution in [0.2, 0.25) is 5.15 Å². The Hall–Kier alpha value is -1.33. The van der Waals surface area contributed by atoms with E-state index in [2.05, 4.69) is 17.2 Å². The van der Waals surface area contributed by atoms with Crippen LogP contribution in [0.1, 0.15) is 43.0 Å². The molecule has 6 heteroatoms. The molecule has 1 aliphatic rings. The van der Waals surface area contributed by atoms with Gasteiger partial charge < -0.3 is 15.5 Å². The van der Waals surface area contributed by atoms with Crippen LogP contribution in [0.3, 0.4) is 0 Å². The Kier molecular flexibility index (Phi) is 4.50. The van der Waals surface area contributed by atoms with Crippen molar-refractivity contribution in [3.63, 3.8) is 0 Å². The first-order valence-corrected chi connectivity index (χ1v) is 7.13. The van der Waals surface area contributed by atoms with Crippen molar-refractivity contribution in [1.82, 2.24) is 4.98 Å². The first-order chi connectivity index (χ1) is 9.39. The Balaban J connectivity index is 2.10. The van der Waals surface area contributed by atoms with Crippen LogP contribution in [0.5, 0.6) is 0 Å². The molecule has 0 amide bonds. The van der Waals surface area contributed by atoms with Crippen molar-refractivity contribution in [2.45, 2.75) is 38.2 Å². The van der Waals surface area contributed by atoms with Crippen molar-refractivity contribution in [2.24, 2.45) is 5.92 Å². The molecule has 1 aliphatic carbocycles. The van der Waals surface area contributed by atoms with E-state index in [1.807, 2.05) is 0 Å². The maximum Gasteiger partial charge on any atom is 0.339 e. The van der Waals surface area contributed by atoms with Gasteiger partial charge in [0.25, 0.3) is 0 Å². The highest BCUT2D eigenvalue weighted by Crippen LogP contribution is 2.32. The summed E-state index contributed by atoms with van der Waals surface area (Å²) in [6, 6.07) is 2.85. The van der Waals surface area contributed by atoms with Crippen molar-refractivity contribution in [3.8, 4) is 0 Å². The van der Waals surface area contributed by atoms with Crippen LogP contribution >= 0.6 is 11.6 Å². The van der Waals surface area contributed by atoms with E-state index in [-0.39, 0.29) is 23.1 Å². The molecule has 1 saturated carbocycles. The number of aliphatic hydroxyl groups is 1. The second-order valence-electron chi connectivity index (χ2n) is 5.61. The van der Waals surface area contributed by atoms with E-state index in [4.69, 9.17) is 16.7 Å². The standard InChI is InChI=1S/C14H19ClN2O3/c1-9-3-2-6-14(20,7-9)8-16-12-10(13(18)19)4-5-11(15)17-12/h4-5,9,20H,2-3,6-8H2,1H3,(H,16,17)(H,18,19). The van der Waals surface area contributed by atoms with Crippen molar-refractivity contribution < 1.29 is 15.0 Å². The smallest absolute Gasteiger partial charge is 0.339 e. The Labute approximate surface area is 123 Å². The summed E-state index contributed by atoms with van der Waals surface area (Å²) in [4.78, 5) is 15.1. The van der Waals surface area contributed by atoms with E-state index in [0.29, 0.717) is 18.8 Å². The molecule has 0 bridgehead atoms. The maximum absolute atomic E-state index is 11.1. The van der Waals surface area contributed by atoms with Gasteiger partial charge in [0.05, 0.1) is 5.60 Å². The minimum Gasteiger partial charge on any atom is -0.478 e. The Morgan fingerprint density at radius 3 is 3.00 bits per heavy atom. The number of carbonyl (C=O) groups is 1. The molecule has 0 aromatic carbocycles. The third kappa shape index (κ3) is 3.61. The Bertz CT molecular complexity index is 509. The number of rotatable bonds is 4. The first-order valence-electron chi connectivity index (χ1n) is 6.76. The summed E-state index contributed by atoms with van der Waals surface area (Å²) in [6.45, 7) is 2.40. The lowest BCUT2D eigenvalue weighted by molar-refractivity contribution is -0.000875. The summed E-state index contributed by atoms with van der Waals surface area (Å²) < 4.78 is 0. The highest BCUT2D eigenvalue weighted by atomic mass is 35.5. The number of hydrogen-bond donors (Lipinski definition) is 3. The number of aromatic carboxylic acids is 1.